The second-order valence-electron chi connectivity index (χ2n) is 15.3. The Bertz CT molecular complexity index is 1550. The maximum Gasteiger partial charge on any atom is 0.407 e. The molecule has 1 fully saturated rings. The molecule has 0 saturated carbocycles. The van der Waals surface area contributed by atoms with E-state index in [2.05, 4.69) is 10.6 Å². The average molecular weight is 708 g/mol. The van der Waals surface area contributed by atoms with Crippen LogP contribution in [-0.2, 0) is 38.1 Å². The number of fused-ring (bicyclic) bond motifs is 3. The molecular formula is C39H53N3O9. The molecule has 2 aromatic rings. The summed E-state index contributed by atoms with van der Waals surface area (Å²) in [6.07, 6.45) is -1.22. The minimum atomic E-state index is -1.41. The van der Waals surface area contributed by atoms with Gasteiger partial charge in [-0.1, -0.05) is 68.8 Å². The summed E-state index contributed by atoms with van der Waals surface area (Å²) in [5, 5.41) is 5.40. The van der Waals surface area contributed by atoms with Crippen LogP contribution in [0, 0.1) is 5.92 Å². The summed E-state index contributed by atoms with van der Waals surface area (Å²) in [5.41, 5.74) is 2.80. The fourth-order valence-corrected chi connectivity index (χ4v) is 6.59. The van der Waals surface area contributed by atoms with E-state index in [4.69, 9.17) is 18.9 Å². The summed E-state index contributed by atoms with van der Waals surface area (Å²) < 4.78 is 22.4. The van der Waals surface area contributed by atoms with Gasteiger partial charge in [-0.3, -0.25) is 14.4 Å². The second kappa shape index (κ2) is 16.3. The number of esters is 2. The van der Waals surface area contributed by atoms with Crippen LogP contribution < -0.4 is 10.6 Å². The molecule has 5 atom stereocenters. The van der Waals surface area contributed by atoms with E-state index in [9.17, 15) is 24.0 Å². The molecule has 2 aliphatic rings. The highest BCUT2D eigenvalue weighted by molar-refractivity contribution is 5.95. The van der Waals surface area contributed by atoms with Crippen LogP contribution in [0.4, 0.5) is 4.79 Å². The fourth-order valence-electron chi connectivity index (χ4n) is 6.59. The molecule has 2 aromatic carbocycles. The molecule has 4 rings (SSSR count). The molecule has 0 aromatic heterocycles. The Labute approximate surface area is 300 Å². The lowest BCUT2D eigenvalue weighted by molar-refractivity contribution is -0.160. The van der Waals surface area contributed by atoms with Gasteiger partial charge in [0.1, 0.15) is 30.3 Å². The van der Waals surface area contributed by atoms with Gasteiger partial charge >= 0.3 is 18.0 Å². The van der Waals surface area contributed by atoms with Crippen LogP contribution in [0.2, 0.25) is 0 Å². The first-order valence-electron chi connectivity index (χ1n) is 17.6. The molecule has 0 unspecified atom stereocenters. The molecule has 0 bridgehead atoms. The van der Waals surface area contributed by atoms with Crippen molar-refractivity contribution < 1.29 is 42.9 Å². The van der Waals surface area contributed by atoms with Crippen molar-refractivity contribution in [1.29, 1.82) is 0 Å². The molecule has 12 nitrogen and oxygen atoms in total. The molecular weight excluding hydrogens is 654 g/mol. The van der Waals surface area contributed by atoms with Crippen molar-refractivity contribution in [2.75, 3.05) is 20.3 Å². The molecule has 3 amide bonds. The van der Waals surface area contributed by atoms with Gasteiger partial charge in [-0.2, -0.15) is 0 Å². The minimum absolute atomic E-state index is 0.00307. The Kier molecular flexibility index (Phi) is 12.5. The van der Waals surface area contributed by atoms with E-state index in [1.54, 1.807) is 20.8 Å². The average Bonchev–Trinajstić information content (AvgIpc) is 3.62. The van der Waals surface area contributed by atoms with Gasteiger partial charge < -0.3 is 34.5 Å². The van der Waals surface area contributed by atoms with E-state index in [0.29, 0.717) is 6.42 Å². The SMILES string of the molecule is CC[C@H](C)[C@H](NC(=O)[C@@H]1C[C@@H](OC(C)(C)C)CN1C(=O)[C@H](CC(=O)OC)NC(=O)OCC1c2ccccc2-c2ccccc21)C(=O)OC(C)(C)C. The summed E-state index contributed by atoms with van der Waals surface area (Å²) in [7, 11) is 1.18. The van der Waals surface area contributed by atoms with Crippen LogP contribution >= 0.6 is 0 Å². The monoisotopic (exact) mass is 707 g/mol. The molecule has 12 heteroatoms. The largest absolute Gasteiger partial charge is 0.469 e. The molecule has 0 radical (unpaired) electrons. The number of methoxy groups -OCH3 is 1. The highest BCUT2D eigenvalue weighted by Crippen LogP contribution is 2.44. The molecule has 1 saturated heterocycles. The van der Waals surface area contributed by atoms with E-state index < -0.39 is 71.7 Å². The van der Waals surface area contributed by atoms with Gasteiger partial charge in [0.05, 0.1) is 25.2 Å². The Morgan fingerprint density at radius 2 is 1.47 bits per heavy atom. The first-order valence-corrected chi connectivity index (χ1v) is 17.6. The van der Waals surface area contributed by atoms with Crippen LogP contribution in [0.25, 0.3) is 11.1 Å². The third-order valence-electron chi connectivity index (χ3n) is 9.07. The minimum Gasteiger partial charge on any atom is -0.469 e. The zero-order chi connectivity index (χ0) is 37.7. The highest BCUT2D eigenvalue weighted by Gasteiger charge is 2.45. The lowest BCUT2D eigenvalue weighted by Gasteiger charge is -2.31. The van der Waals surface area contributed by atoms with Crippen molar-refractivity contribution in [3.63, 3.8) is 0 Å². The van der Waals surface area contributed by atoms with Crippen molar-refractivity contribution in [2.24, 2.45) is 5.92 Å². The van der Waals surface area contributed by atoms with E-state index in [0.717, 1.165) is 22.3 Å². The smallest absolute Gasteiger partial charge is 0.407 e. The van der Waals surface area contributed by atoms with Crippen molar-refractivity contribution in [3.8, 4) is 11.1 Å². The molecule has 0 spiro atoms. The number of carbonyl (C=O) groups is 5. The zero-order valence-electron chi connectivity index (χ0n) is 31.2. The third-order valence-corrected chi connectivity index (χ3v) is 9.07. The van der Waals surface area contributed by atoms with Crippen LogP contribution in [0.15, 0.2) is 48.5 Å². The quantitative estimate of drug-likeness (QED) is 0.227. The number of hydrogen-bond acceptors (Lipinski definition) is 9. The molecule has 1 aliphatic heterocycles. The molecule has 51 heavy (non-hydrogen) atoms. The summed E-state index contributed by atoms with van der Waals surface area (Å²) >= 11 is 0. The summed E-state index contributed by atoms with van der Waals surface area (Å²) in [5.74, 6) is -3.06. The predicted molar refractivity (Wildman–Crippen MR) is 191 cm³/mol. The zero-order valence-corrected chi connectivity index (χ0v) is 31.2. The number of nitrogens with one attached hydrogen (secondary N) is 2. The number of ether oxygens (including phenoxy) is 4. The van der Waals surface area contributed by atoms with Gasteiger partial charge in [0.2, 0.25) is 11.8 Å². The number of nitrogens with zero attached hydrogens (tertiary/aromatic N) is 1. The summed E-state index contributed by atoms with van der Waals surface area (Å²) in [6.45, 7) is 14.6. The van der Waals surface area contributed by atoms with E-state index in [1.165, 1.54) is 12.0 Å². The van der Waals surface area contributed by atoms with E-state index >= 15 is 0 Å². The number of rotatable bonds is 12. The van der Waals surface area contributed by atoms with Gasteiger partial charge in [-0.25, -0.2) is 9.59 Å². The normalized spacial score (nSPS) is 18.9. The van der Waals surface area contributed by atoms with Crippen LogP contribution in [0.1, 0.15) is 91.7 Å². The standard InChI is InChI=1S/C39H53N3O9/c1-10-23(2)33(36(46)51-39(6,7)8)41-34(44)31-19-24(50-38(3,4)5)21-42(31)35(45)30(20-32(43)48-9)40-37(47)49-22-29-27-17-13-11-15-25(27)26-16-12-14-18-28(26)29/h11-18,23-24,29-31,33H,10,19-22H2,1-9H3,(H,40,47)(H,41,44)/t23-,24+,30-,31-,33-/m0/s1. The Balaban J connectivity index is 1.55. The first-order chi connectivity index (χ1) is 23.9. The van der Waals surface area contributed by atoms with Crippen molar-refractivity contribution in [1.82, 2.24) is 15.5 Å². The molecule has 1 aliphatic carbocycles. The van der Waals surface area contributed by atoms with Gasteiger partial charge in [0, 0.05) is 18.9 Å². The third kappa shape index (κ3) is 10.1. The first kappa shape index (κ1) is 39.3. The highest BCUT2D eigenvalue weighted by atomic mass is 16.6. The Morgan fingerprint density at radius 3 is 2.00 bits per heavy atom. The van der Waals surface area contributed by atoms with Gasteiger partial charge in [-0.05, 0) is 69.7 Å². The number of likely N-dealkylation sites (tertiary alicyclic amines) is 1. The number of hydrogen-bond donors (Lipinski definition) is 2. The lowest BCUT2D eigenvalue weighted by Crippen LogP contribution is -2.57. The maximum atomic E-state index is 14.3. The maximum absolute atomic E-state index is 14.3. The topological polar surface area (TPSA) is 150 Å². The molecule has 1 heterocycles. The Hall–Kier alpha value is -4.45. The van der Waals surface area contributed by atoms with Gasteiger partial charge in [0.15, 0.2) is 0 Å². The van der Waals surface area contributed by atoms with Crippen molar-refractivity contribution in [3.05, 3.63) is 59.7 Å². The van der Waals surface area contributed by atoms with Gasteiger partial charge in [0.25, 0.3) is 0 Å². The number of benzene rings is 2. The molecule has 278 valence electrons. The predicted octanol–water partition coefficient (Wildman–Crippen LogP) is 5.11. The van der Waals surface area contributed by atoms with Gasteiger partial charge in [-0.15, -0.1) is 0 Å². The number of carbonyl (C=O) groups excluding carboxylic acids is 5. The summed E-state index contributed by atoms with van der Waals surface area (Å²) in [4.78, 5) is 68.6. The number of amides is 3. The molecule has 2 N–H and O–H groups in total. The lowest BCUT2D eigenvalue weighted by atomic mass is 9.98. The second-order valence-corrected chi connectivity index (χ2v) is 15.3. The summed E-state index contributed by atoms with van der Waals surface area (Å²) in [6, 6.07) is 12.4. The Morgan fingerprint density at radius 1 is 0.882 bits per heavy atom. The van der Waals surface area contributed by atoms with Crippen molar-refractivity contribution >= 4 is 29.8 Å². The van der Waals surface area contributed by atoms with Crippen LogP contribution in [0.5, 0.6) is 0 Å². The fraction of sp³-hybridized carbons (Fsp3) is 0.564. The number of alkyl carbamates (subject to hydrolysis) is 1. The van der Waals surface area contributed by atoms with Crippen molar-refractivity contribution in [2.45, 2.75) is 116 Å². The van der Waals surface area contributed by atoms with Crippen LogP contribution in [0.3, 0.4) is 0 Å². The van der Waals surface area contributed by atoms with Crippen LogP contribution in [-0.4, -0.2) is 90.4 Å². The van der Waals surface area contributed by atoms with E-state index in [1.807, 2.05) is 83.1 Å². The van der Waals surface area contributed by atoms with E-state index in [-0.39, 0.29) is 31.4 Å².